The number of ether oxygens (including phenoxy) is 2. The fourth-order valence-electron chi connectivity index (χ4n) is 4.40. The van der Waals surface area contributed by atoms with Gasteiger partial charge in [0.25, 0.3) is 11.8 Å². The Hall–Kier alpha value is -4.31. The first kappa shape index (κ1) is 26.3. The molecular formula is C30H30N4O5. The number of aromatic nitrogens is 1. The molecule has 200 valence electrons. The lowest BCUT2D eigenvalue weighted by Crippen LogP contribution is -2.38. The second-order valence-corrected chi connectivity index (χ2v) is 9.31. The van der Waals surface area contributed by atoms with E-state index in [4.69, 9.17) is 9.47 Å². The first-order valence-electron chi connectivity index (χ1n) is 12.8. The van der Waals surface area contributed by atoms with Gasteiger partial charge in [0.05, 0.1) is 24.4 Å². The summed E-state index contributed by atoms with van der Waals surface area (Å²) in [6.45, 7) is 6.22. The van der Waals surface area contributed by atoms with Crippen LogP contribution in [-0.2, 0) is 4.74 Å². The van der Waals surface area contributed by atoms with Crippen LogP contribution in [0.3, 0.4) is 0 Å². The number of hydrogen-bond acceptors (Lipinski definition) is 7. The largest absolute Gasteiger partial charge is 0.492 e. The van der Waals surface area contributed by atoms with Gasteiger partial charge in [0, 0.05) is 48.0 Å². The summed E-state index contributed by atoms with van der Waals surface area (Å²) in [4.78, 5) is 32.6. The third-order valence-electron chi connectivity index (χ3n) is 6.61. The molecule has 0 saturated carbocycles. The molecule has 9 heteroatoms. The van der Waals surface area contributed by atoms with Crippen molar-refractivity contribution in [2.24, 2.45) is 0 Å². The Morgan fingerprint density at radius 1 is 1.03 bits per heavy atom. The van der Waals surface area contributed by atoms with Gasteiger partial charge >= 0.3 is 0 Å². The molecule has 0 bridgehead atoms. The molecule has 9 nitrogen and oxygen atoms in total. The van der Waals surface area contributed by atoms with Crippen molar-refractivity contribution in [3.8, 4) is 5.75 Å². The third-order valence-corrected chi connectivity index (χ3v) is 6.61. The molecule has 2 heterocycles. The van der Waals surface area contributed by atoms with E-state index in [-0.39, 0.29) is 17.2 Å². The smallest absolute Gasteiger partial charge is 0.282 e. The topological polar surface area (TPSA) is 104 Å². The molecule has 0 spiro atoms. The molecule has 1 fully saturated rings. The molecule has 0 unspecified atom stereocenters. The van der Waals surface area contributed by atoms with Crippen LogP contribution in [0.5, 0.6) is 5.75 Å². The standard InChI is InChI=1S/C30H30N4O5/c1-21-7-9-25(32-29(35)23-8-10-27-22(18-23)5-3-11-31-27)20-28(21)34(37)30(36)24-4-2-6-26(19-24)39-17-14-33-12-15-38-16-13-33/h2-11,18-20,37H,12-17H2,1H3,(H,32,35). The van der Waals surface area contributed by atoms with Crippen LogP contribution in [-0.4, -0.2) is 66.4 Å². The van der Waals surface area contributed by atoms with Gasteiger partial charge < -0.3 is 14.8 Å². The van der Waals surface area contributed by atoms with Crippen molar-refractivity contribution in [2.45, 2.75) is 6.92 Å². The average molecular weight is 527 g/mol. The van der Waals surface area contributed by atoms with Gasteiger partial charge in [-0.25, -0.2) is 0 Å². The molecule has 1 aromatic heterocycles. The highest BCUT2D eigenvalue weighted by molar-refractivity contribution is 6.08. The molecule has 3 aromatic carbocycles. The zero-order valence-electron chi connectivity index (χ0n) is 21.7. The maximum atomic E-state index is 13.2. The van der Waals surface area contributed by atoms with Gasteiger partial charge in [-0.2, -0.15) is 5.06 Å². The van der Waals surface area contributed by atoms with E-state index in [1.165, 1.54) is 0 Å². The minimum atomic E-state index is -0.609. The molecule has 0 aliphatic carbocycles. The summed E-state index contributed by atoms with van der Waals surface area (Å²) in [5, 5.41) is 15.2. The Kier molecular flexibility index (Phi) is 8.12. The number of fused-ring (bicyclic) bond motifs is 1. The van der Waals surface area contributed by atoms with Crippen LogP contribution in [0.15, 0.2) is 79.0 Å². The number of nitrogens with one attached hydrogen (secondary N) is 1. The number of carbonyl (C=O) groups excluding carboxylic acids is 2. The average Bonchev–Trinajstić information content (AvgIpc) is 2.98. The second kappa shape index (κ2) is 12.0. The van der Waals surface area contributed by atoms with E-state index in [0.717, 1.165) is 43.8 Å². The van der Waals surface area contributed by atoms with Crippen molar-refractivity contribution < 1.29 is 24.3 Å². The van der Waals surface area contributed by atoms with Crippen molar-refractivity contribution in [1.29, 1.82) is 0 Å². The number of benzene rings is 3. The summed E-state index contributed by atoms with van der Waals surface area (Å²) in [5.41, 5.74) is 2.92. The first-order chi connectivity index (χ1) is 19.0. The third kappa shape index (κ3) is 6.40. The molecule has 1 saturated heterocycles. The second-order valence-electron chi connectivity index (χ2n) is 9.31. The first-order valence-corrected chi connectivity index (χ1v) is 12.8. The van der Waals surface area contributed by atoms with Crippen molar-refractivity contribution in [1.82, 2.24) is 9.88 Å². The van der Waals surface area contributed by atoms with Gasteiger partial charge in [-0.1, -0.05) is 18.2 Å². The van der Waals surface area contributed by atoms with E-state index in [0.29, 0.717) is 34.2 Å². The predicted molar refractivity (Wildman–Crippen MR) is 149 cm³/mol. The lowest BCUT2D eigenvalue weighted by Gasteiger charge is -2.26. The molecule has 4 aromatic rings. The minimum absolute atomic E-state index is 0.263. The summed E-state index contributed by atoms with van der Waals surface area (Å²) in [7, 11) is 0. The van der Waals surface area contributed by atoms with Crippen molar-refractivity contribution in [2.75, 3.05) is 49.8 Å². The Balaban J connectivity index is 1.25. The van der Waals surface area contributed by atoms with Crippen LogP contribution in [0.25, 0.3) is 10.9 Å². The minimum Gasteiger partial charge on any atom is -0.492 e. The number of nitrogens with zero attached hydrogens (tertiary/aromatic N) is 3. The van der Waals surface area contributed by atoms with Crippen LogP contribution in [0.1, 0.15) is 26.3 Å². The fourth-order valence-corrected chi connectivity index (χ4v) is 4.40. The van der Waals surface area contributed by atoms with Crippen molar-refractivity contribution in [3.05, 3.63) is 95.7 Å². The van der Waals surface area contributed by atoms with Gasteiger partial charge in [-0.15, -0.1) is 0 Å². The molecule has 2 amide bonds. The molecule has 5 rings (SSSR count). The van der Waals surface area contributed by atoms with E-state index in [9.17, 15) is 14.8 Å². The number of rotatable bonds is 8. The molecule has 39 heavy (non-hydrogen) atoms. The van der Waals surface area contributed by atoms with Gasteiger partial charge in [0.2, 0.25) is 0 Å². The van der Waals surface area contributed by atoms with Crippen molar-refractivity contribution in [3.63, 3.8) is 0 Å². The molecule has 1 aliphatic rings. The Morgan fingerprint density at radius 3 is 2.72 bits per heavy atom. The highest BCUT2D eigenvalue weighted by atomic mass is 16.5. The Labute approximate surface area is 226 Å². The lowest BCUT2D eigenvalue weighted by atomic mass is 10.1. The van der Waals surface area contributed by atoms with E-state index in [2.05, 4.69) is 15.2 Å². The number of pyridine rings is 1. The van der Waals surface area contributed by atoms with E-state index >= 15 is 0 Å². The van der Waals surface area contributed by atoms with Crippen LogP contribution in [0.4, 0.5) is 11.4 Å². The summed E-state index contributed by atoms with van der Waals surface area (Å²) in [5.74, 6) is -0.374. The van der Waals surface area contributed by atoms with Gasteiger partial charge in [0.1, 0.15) is 12.4 Å². The Morgan fingerprint density at radius 2 is 1.87 bits per heavy atom. The number of aryl methyl sites for hydroxylation is 1. The van der Waals surface area contributed by atoms with Crippen LogP contribution in [0.2, 0.25) is 0 Å². The van der Waals surface area contributed by atoms with E-state index in [1.807, 2.05) is 12.1 Å². The van der Waals surface area contributed by atoms with E-state index < -0.39 is 5.91 Å². The van der Waals surface area contributed by atoms with E-state index in [1.54, 1.807) is 73.8 Å². The monoisotopic (exact) mass is 526 g/mol. The molecule has 2 N–H and O–H groups in total. The SMILES string of the molecule is Cc1ccc(NC(=O)c2ccc3ncccc3c2)cc1N(O)C(=O)c1cccc(OCCN2CCOCC2)c1. The van der Waals surface area contributed by atoms with Gasteiger partial charge in [0.15, 0.2) is 0 Å². The summed E-state index contributed by atoms with van der Waals surface area (Å²) >= 11 is 0. The molecule has 0 atom stereocenters. The zero-order chi connectivity index (χ0) is 27.2. The molecule has 1 aliphatic heterocycles. The number of hydroxylamine groups is 1. The maximum absolute atomic E-state index is 13.2. The number of morpholine rings is 1. The van der Waals surface area contributed by atoms with Gasteiger partial charge in [-0.05, 0) is 67.1 Å². The maximum Gasteiger partial charge on any atom is 0.282 e. The van der Waals surface area contributed by atoms with Crippen molar-refractivity contribution >= 4 is 34.1 Å². The van der Waals surface area contributed by atoms with Crippen LogP contribution < -0.4 is 15.1 Å². The van der Waals surface area contributed by atoms with Crippen LogP contribution in [0, 0.1) is 6.92 Å². The Bertz CT molecular complexity index is 1490. The predicted octanol–water partition coefficient (Wildman–Crippen LogP) is 4.54. The number of amides is 2. The van der Waals surface area contributed by atoms with Gasteiger partial charge in [-0.3, -0.25) is 24.7 Å². The number of hydrogen-bond donors (Lipinski definition) is 2. The highest BCUT2D eigenvalue weighted by Gasteiger charge is 2.19. The van der Waals surface area contributed by atoms with Crippen LogP contribution >= 0.6 is 0 Å². The zero-order valence-corrected chi connectivity index (χ0v) is 21.7. The normalized spacial score (nSPS) is 13.7. The summed E-state index contributed by atoms with van der Waals surface area (Å²) in [6, 6.07) is 20.7. The fraction of sp³-hybridized carbons (Fsp3) is 0.233. The summed E-state index contributed by atoms with van der Waals surface area (Å²) in [6.07, 6.45) is 1.70. The number of carbonyl (C=O) groups is 2. The summed E-state index contributed by atoms with van der Waals surface area (Å²) < 4.78 is 11.2. The lowest BCUT2D eigenvalue weighted by molar-refractivity contribution is 0.0322. The quantitative estimate of drug-likeness (QED) is 0.257. The highest BCUT2D eigenvalue weighted by Crippen LogP contribution is 2.26. The molecular weight excluding hydrogens is 496 g/mol. The molecule has 0 radical (unpaired) electrons. The number of anilines is 2.